The van der Waals surface area contributed by atoms with E-state index in [2.05, 4.69) is 11.6 Å². The van der Waals surface area contributed by atoms with Gasteiger partial charge in [-0.05, 0) is 6.42 Å². The fourth-order valence-corrected chi connectivity index (χ4v) is 1.96. The van der Waals surface area contributed by atoms with Crippen molar-refractivity contribution in [3.05, 3.63) is 0 Å². The number of hydrogen-bond acceptors (Lipinski definition) is 3. The Labute approximate surface area is 111 Å². The first-order valence-corrected chi connectivity index (χ1v) is 7.25. The zero-order chi connectivity index (χ0) is 12.8. The fourth-order valence-electron chi connectivity index (χ4n) is 1.96. The van der Waals surface area contributed by atoms with Crippen molar-refractivity contribution in [3.63, 3.8) is 0 Å². The molecule has 5 heteroatoms. The molecule has 0 aromatic carbocycles. The molecule has 0 bridgehead atoms. The smallest absolute Gasteiger partial charge is 0.402 e. The molecular formula is C13H30BFO3. The van der Waals surface area contributed by atoms with Crippen molar-refractivity contribution in [1.29, 1.82) is 0 Å². The number of halogens is 1. The van der Waals surface area contributed by atoms with Crippen LogP contribution in [0.3, 0.4) is 0 Å². The van der Waals surface area contributed by atoms with Gasteiger partial charge in [-0.25, -0.2) is 0 Å². The second-order valence-electron chi connectivity index (χ2n) is 4.73. The molecule has 0 amide bonds. The molecule has 0 unspecified atom stereocenters. The van der Waals surface area contributed by atoms with Gasteiger partial charge >= 0.3 is 7.32 Å². The Hall–Kier alpha value is -0.125. The van der Waals surface area contributed by atoms with Crippen LogP contribution in [0.2, 0.25) is 0 Å². The normalized spacial score (nSPS) is 10.2. The third kappa shape index (κ3) is 18.2. The molecule has 0 fully saturated rings. The number of hydrogen-bond donors (Lipinski definition) is 2. The highest BCUT2D eigenvalue weighted by Gasteiger charge is 2.06. The van der Waals surface area contributed by atoms with Crippen molar-refractivity contribution in [3.8, 4) is 0 Å². The molecule has 0 heterocycles. The molecular weight excluding hydrogens is 234 g/mol. The summed E-state index contributed by atoms with van der Waals surface area (Å²) in [5.41, 5.74) is 0. The summed E-state index contributed by atoms with van der Waals surface area (Å²) in [6.45, 7) is 2.70. The van der Waals surface area contributed by atoms with Crippen LogP contribution < -0.4 is 0 Å². The Morgan fingerprint density at radius 1 is 0.722 bits per heavy atom. The molecule has 0 saturated heterocycles. The molecule has 0 aliphatic heterocycles. The lowest BCUT2D eigenvalue weighted by molar-refractivity contribution is 0.182. The molecule has 0 aliphatic carbocycles. The first-order valence-electron chi connectivity index (χ1n) is 7.25. The monoisotopic (exact) mass is 264 g/mol. The van der Waals surface area contributed by atoms with E-state index in [1.54, 1.807) is 0 Å². The predicted molar refractivity (Wildman–Crippen MR) is 75.1 cm³/mol. The van der Waals surface area contributed by atoms with Gasteiger partial charge in [0.2, 0.25) is 0 Å². The lowest BCUT2D eigenvalue weighted by Crippen LogP contribution is -2.17. The number of rotatable bonds is 13. The van der Waals surface area contributed by atoms with Crippen molar-refractivity contribution in [1.82, 2.24) is 0 Å². The highest BCUT2D eigenvalue weighted by molar-refractivity contribution is 6.32. The summed E-state index contributed by atoms with van der Waals surface area (Å²) in [5.74, 6) is 0. The van der Waals surface area contributed by atoms with Crippen LogP contribution in [0, 0.1) is 0 Å². The lowest BCUT2D eigenvalue weighted by Gasteiger charge is -2.03. The largest absolute Gasteiger partial charge is 0.633 e. The zero-order valence-electron chi connectivity index (χ0n) is 11.8. The van der Waals surface area contributed by atoms with Gasteiger partial charge in [0.15, 0.2) is 0 Å². The second kappa shape index (κ2) is 16.9. The maximum atomic E-state index is 8.45. The van der Waals surface area contributed by atoms with Gasteiger partial charge in [-0.1, -0.05) is 71.1 Å². The second-order valence-corrected chi connectivity index (χ2v) is 4.73. The lowest BCUT2D eigenvalue weighted by atomic mass is 10.1. The van der Waals surface area contributed by atoms with E-state index >= 15 is 0 Å². The van der Waals surface area contributed by atoms with Crippen LogP contribution in [-0.4, -0.2) is 24.0 Å². The average molecular weight is 264 g/mol. The Morgan fingerprint density at radius 2 is 1.11 bits per heavy atom. The van der Waals surface area contributed by atoms with Gasteiger partial charge in [0, 0.05) is 6.61 Å². The summed E-state index contributed by atoms with van der Waals surface area (Å²) in [6.07, 6.45) is 14.2. The average Bonchev–Trinajstić information content (AvgIpc) is 2.30. The first kappa shape index (κ1) is 20.2. The molecule has 3 nitrogen and oxygen atoms in total. The van der Waals surface area contributed by atoms with Crippen molar-refractivity contribution in [2.75, 3.05) is 6.61 Å². The van der Waals surface area contributed by atoms with E-state index in [0.717, 1.165) is 12.8 Å². The van der Waals surface area contributed by atoms with Crippen molar-refractivity contribution in [2.45, 2.75) is 77.6 Å². The van der Waals surface area contributed by atoms with Gasteiger partial charge in [0.25, 0.3) is 0 Å². The maximum Gasteiger partial charge on any atom is 0.633 e. The van der Waals surface area contributed by atoms with Gasteiger partial charge < -0.3 is 14.7 Å². The van der Waals surface area contributed by atoms with Gasteiger partial charge in [-0.15, -0.1) is 0 Å². The van der Waals surface area contributed by atoms with Crippen LogP contribution >= 0.6 is 0 Å². The fraction of sp³-hybridized carbons (Fsp3) is 1.00. The molecule has 0 aromatic heterocycles. The van der Waals surface area contributed by atoms with Crippen LogP contribution in [0.1, 0.15) is 77.6 Å². The van der Waals surface area contributed by atoms with Gasteiger partial charge in [0.1, 0.15) is 0 Å². The van der Waals surface area contributed by atoms with Crippen molar-refractivity contribution >= 4 is 7.32 Å². The molecule has 0 spiro atoms. The van der Waals surface area contributed by atoms with Gasteiger partial charge in [-0.2, -0.15) is 0 Å². The Morgan fingerprint density at radius 3 is 1.50 bits per heavy atom. The summed E-state index contributed by atoms with van der Waals surface area (Å²) in [6, 6.07) is 0. The summed E-state index contributed by atoms with van der Waals surface area (Å²) in [5, 5.41) is 16.9. The minimum Gasteiger partial charge on any atom is -0.402 e. The Bertz CT molecular complexity index is 148. The standard InChI is InChI=1S/C13H29BO3.FH/c1-2-3-4-5-6-7-8-9-10-11-12-13-17-14(15)16;/h15-16H,2-13H2,1H3;1H. The highest BCUT2D eigenvalue weighted by atomic mass is 19.0. The molecule has 0 atom stereocenters. The van der Waals surface area contributed by atoms with Crippen LogP contribution in [0.15, 0.2) is 0 Å². The van der Waals surface area contributed by atoms with Crippen LogP contribution in [-0.2, 0) is 4.65 Å². The molecule has 0 rings (SSSR count). The quantitative estimate of drug-likeness (QED) is 0.396. The third-order valence-electron chi connectivity index (χ3n) is 3.01. The van der Waals surface area contributed by atoms with E-state index in [1.807, 2.05) is 0 Å². The van der Waals surface area contributed by atoms with E-state index in [1.165, 1.54) is 57.8 Å². The molecule has 0 radical (unpaired) electrons. The summed E-state index contributed by atoms with van der Waals surface area (Å²) >= 11 is 0. The predicted octanol–water partition coefficient (Wildman–Crippen LogP) is 3.44. The zero-order valence-corrected chi connectivity index (χ0v) is 11.8. The minimum atomic E-state index is -1.60. The first-order chi connectivity index (χ1) is 8.27. The van der Waals surface area contributed by atoms with E-state index in [0.29, 0.717) is 6.61 Å². The van der Waals surface area contributed by atoms with Gasteiger partial charge in [-0.3, -0.25) is 4.70 Å². The molecule has 0 aromatic rings. The molecule has 0 aliphatic rings. The summed E-state index contributed by atoms with van der Waals surface area (Å²) in [4.78, 5) is 0. The van der Waals surface area contributed by atoms with E-state index in [4.69, 9.17) is 10.0 Å². The van der Waals surface area contributed by atoms with Crippen molar-refractivity contribution in [2.24, 2.45) is 0 Å². The topological polar surface area (TPSA) is 49.7 Å². The van der Waals surface area contributed by atoms with Crippen LogP contribution in [0.5, 0.6) is 0 Å². The summed E-state index contributed by atoms with van der Waals surface area (Å²) in [7, 11) is -1.60. The third-order valence-corrected chi connectivity index (χ3v) is 3.01. The molecule has 18 heavy (non-hydrogen) atoms. The highest BCUT2D eigenvalue weighted by Crippen LogP contribution is 2.11. The van der Waals surface area contributed by atoms with E-state index < -0.39 is 7.32 Å². The van der Waals surface area contributed by atoms with Crippen LogP contribution in [0.25, 0.3) is 0 Å². The van der Waals surface area contributed by atoms with E-state index in [9.17, 15) is 0 Å². The van der Waals surface area contributed by atoms with Crippen molar-refractivity contribution < 1.29 is 19.4 Å². The SMILES string of the molecule is CCCCCCCCCCCCCOB(O)O.F. The van der Waals surface area contributed by atoms with Gasteiger partial charge in [0.05, 0.1) is 0 Å². The Balaban J connectivity index is 0. The maximum absolute atomic E-state index is 8.45. The molecule has 110 valence electrons. The minimum absolute atomic E-state index is 0. The molecule has 2 N–H and O–H groups in total. The Kier molecular flexibility index (Phi) is 18.9. The molecule has 0 saturated carbocycles. The number of unbranched alkanes of at least 4 members (excludes halogenated alkanes) is 10. The summed E-state index contributed by atoms with van der Waals surface area (Å²) < 4.78 is 4.64. The van der Waals surface area contributed by atoms with Crippen LogP contribution in [0.4, 0.5) is 4.70 Å². The van der Waals surface area contributed by atoms with E-state index in [-0.39, 0.29) is 4.70 Å².